The lowest BCUT2D eigenvalue weighted by Gasteiger charge is -2.23. The molecule has 0 fully saturated rings. The average molecular weight is 365 g/mol. The second-order valence-corrected chi connectivity index (χ2v) is 5.62. The molecule has 0 amide bonds. The summed E-state index contributed by atoms with van der Waals surface area (Å²) >= 11 is 1.08. The van der Waals surface area contributed by atoms with Crippen molar-refractivity contribution in [3.63, 3.8) is 0 Å². The molecule has 128 valence electrons. The van der Waals surface area contributed by atoms with Gasteiger partial charge in [-0.25, -0.2) is 4.99 Å². The SMILES string of the molecule is CSC(=Nc1cc(C(F)(F)F)cc2c1Oc1ccccc1O2)NC#N. The van der Waals surface area contributed by atoms with E-state index in [-0.39, 0.29) is 22.4 Å². The summed E-state index contributed by atoms with van der Waals surface area (Å²) in [4.78, 5) is 4.07. The zero-order valence-corrected chi connectivity index (χ0v) is 13.5. The van der Waals surface area contributed by atoms with Gasteiger partial charge in [-0.2, -0.15) is 18.4 Å². The summed E-state index contributed by atoms with van der Waals surface area (Å²) in [5.41, 5.74) is -1.02. The minimum Gasteiger partial charge on any atom is -0.449 e. The van der Waals surface area contributed by atoms with Gasteiger partial charge in [-0.15, -0.1) is 0 Å². The first-order chi connectivity index (χ1) is 11.9. The van der Waals surface area contributed by atoms with Crippen LogP contribution in [0.2, 0.25) is 0 Å². The molecular weight excluding hydrogens is 355 g/mol. The van der Waals surface area contributed by atoms with Crippen molar-refractivity contribution in [1.82, 2.24) is 5.32 Å². The Hall–Kier alpha value is -2.86. The molecule has 0 radical (unpaired) electrons. The summed E-state index contributed by atoms with van der Waals surface area (Å²) < 4.78 is 50.8. The smallest absolute Gasteiger partial charge is 0.416 e. The molecule has 0 spiro atoms. The van der Waals surface area contributed by atoms with Gasteiger partial charge in [-0.1, -0.05) is 23.9 Å². The summed E-state index contributed by atoms with van der Waals surface area (Å²) in [6, 6.07) is 8.33. The number of nitrogens with one attached hydrogen (secondary N) is 1. The Bertz CT molecular complexity index is 891. The molecule has 0 saturated heterocycles. The number of para-hydroxylation sites is 2. The predicted octanol–water partition coefficient (Wildman–Crippen LogP) is 5.02. The van der Waals surface area contributed by atoms with E-state index >= 15 is 0 Å². The van der Waals surface area contributed by atoms with E-state index < -0.39 is 11.7 Å². The molecule has 1 heterocycles. The maximum absolute atomic E-state index is 13.2. The number of ether oxygens (including phenoxy) is 2. The molecule has 2 aromatic rings. The Kier molecular flexibility index (Phi) is 4.46. The molecule has 25 heavy (non-hydrogen) atoms. The lowest BCUT2D eigenvalue weighted by Crippen LogP contribution is -2.13. The van der Waals surface area contributed by atoms with Crippen molar-refractivity contribution in [2.45, 2.75) is 6.18 Å². The van der Waals surface area contributed by atoms with Gasteiger partial charge in [0.2, 0.25) is 0 Å². The first-order valence-corrected chi connectivity index (χ1v) is 8.12. The van der Waals surface area contributed by atoms with E-state index in [4.69, 9.17) is 14.7 Å². The maximum atomic E-state index is 13.2. The fourth-order valence-electron chi connectivity index (χ4n) is 2.14. The molecule has 0 aliphatic carbocycles. The number of rotatable bonds is 1. The van der Waals surface area contributed by atoms with Crippen molar-refractivity contribution >= 4 is 22.6 Å². The van der Waals surface area contributed by atoms with E-state index in [1.807, 2.05) is 0 Å². The van der Waals surface area contributed by atoms with E-state index in [2.05, 4.69) is 10.3 Å². The van der Waals surface area contributed by atoms with Crippen molar-refractivity contribution in [3.05, 3.63) is 42.0 Å². The number of alkyl halides is 3. The molecular formula is C16H10F3N3O2S. The summed E-state index contributed by atoms with van der Waals surface area (Å²) in [6.45, 7) is 0. The topological polar surface area (TPSA) is 66.6 Å². The number of aliphatic imine (C=N–C) groups is 1. The first kappa shape index (κ1) is 17.0. The first-order valence-electron chi connectivity index (χ1n) is 6.90. The number of nitrogens with zero attached hydrogens (tertiary/aromatic N) is 2. The van der Waals surface area contributed by atoms with Crippen LogP contribution < -0.4 is 14.8 Å². The fraction of sp³-hybridized carbons (Fsp3) is 0.125. The monoisotopic (exact) mass is 365 g/mol. The molecule has 0 atom stereocenters. The quantitative estimate of drug-likeness (QED) is 0.284. The zero-order valence-electron chi connectivity index (χ0n) is 12.7. The van der Waals surface area contributed by atoms with Crippen LogP contribution in [-0.4, -0.2) is 11.4 Å². The van der Waals surface area contributed by atoms with Gasteiger partial charge in [0.25, 0.3) is 0 Å². The van der Waals surface area contributed by atoms with Crippen molar-refractivity contribution in [1.29, 1.82) is 5.26 Å². The minimum atomic E-state index is -4.58. The second-order valence-electron chi connectivity index (χ2n) is 4.83. The Labute approximate surface area is 145 Å². The third kappa shape index (κ3) is 3.49. The molecule has 1 aliphatic rings. The van der Waals surface area contributed by atoms with Crippen LogP contribution in [0.1, 0.15) is 5.56 Å². The van der Waals surface area contributed by atoms with E-state index in [9.17, 15) is 13.2 Å². The molecule has 2 aromatic carbocycles. The van der Waals surface area contributed by atoms with E-state index in [0.717, 1.165) is 23.9 Å². The number of fused-ring (bicyclic) bond motifs is 2. The van der Waals surface area contributed by atoms with Crippen molar-refractivity contribution < 1.29 is 22.6 Å². The fourth-order valence-corrected chi connectivity index (χ4v) is 2.48. The number of benzene rings is 2. The van der Waals surface area contributed by atoms with Gasteiger partial charge < -0.3 is 9.47 Å². The molecule has 0 unspecified atom stereocenters. The standard InChI is InChI=1S/C16H10F3N3O2S/c1-25-15(21-8-20)22-10-6-9(16(17,18)19)7-13-14(10)24-12-5-3-2-4-11(12)23-13/h2-7H,1H3,(H,21,22). The van der Waals surface area contributed by atoms with Crippen LogP contribution in [0.5, 0.6) is 23.0 Å². The molecule has 5 nitrogen and oxygen atoms in total. The highest BCUT2D eigenvalue weighted by Gasteiger charge is 2.34. The highest BCUT2D eigenvalue weighted by Crippen LogP contribution is 2.51. The van der Waals surface area contributed by atoms with Crippen molar-refractivity contribution in [2.24, 2.45) is 4.99 Å². The number of hydrogen-bond acceptors (Lipinski definition) is 5. The highest BCUT2D eigenvalue weighted by atomic mass is 32.2. The summed E-state index contributed by atoms with van der Waals surface area (Å²) in [5, 5.41) is 11.1. The Balaban J connectivity index is 2.16. The van der Waals surface area contributed by atoms with Gasteiger partial charge in [0.1, 0.15) is 5.69 Å². The Morgan fingerprint density at radius 3 is 2.44 bits per heavy atom. The van der Waals surface area contributed by atoms with Crippen molar-refractivity contribution in [2.75, 3.05) is 6.26 Å². The van der Waals surface area contributed by atoms with Gasteiger partial charge >= 0.3 is 6.18 Å². The van der Waals surface area contributed by atoms with Crippen molar-refractivity contribution in [3.8, 4) is 29.2 Å². The molecule has 0 bridgehead atoms. The van der Waals surface area contributed by atoms with Gasteiger partial charge in [0.05, 0.1) is 5.56 Å². The molecule has 9 heteroatoms. The lowest BCUT2D eigenvalue weighted by atomic mass is 10.1. The number of nitriles is 1. The predicted molar refractivity (Wildman–Crippen MR) is 87.4 cm³/mol. The third-order valence-electron chi connectivity index (χ3n) is 3.22. The van der Waals surface area contributed by atoms with Crippen LogP contribution in [0.4, 0.5) is 18.9 Å². The van der Waals surface area contributed by atoms with E-state index in [0.29, 0.717) is 11.5 Å². The van der Waals surface area contributed by atoms with Crippen LogP contribution in [0.15, 0.2) is 41.4 Å². The molecule has 0 aromatic heterocycles. The Morgan fingerprint density at radius 2 is 1.84 bits per heavy atom. The summed E-state index contributed by atoms with van der Waals surface area (Å²) in [7, 11) is 0. The summed E-state index contributed by atoms with van der Waals surface area (Å²) in [6.07, 6.45) is -1.26. The normalized spacial score (nSPS) is 13.0. The molecule has 1 N–H and O–H groups in total. The van der Waals surface area contributed by atoms with Crippen LogP contribution in [-0.2, 0) is 6.18 Å². The zero-order chi connectivity index (χ0) is 18.0. The number of amidine groups is 1. The maximum Gasteiger partial charge on any atom is 0.416 e. The Morgan fingerprint density at radius 1 is 1.16 bits per heavy atom. The van der Waals surface area contributed by atoms with Crippen LogP contribution in [0, 0.1) is 11.5 Å². The average Bonchev–Trinajstić information content (AvgIpc) is 2.58. The highest BCUT2D eigenvalue weighted by molar-refractivity contribution is 8.13. The van der Waals surface area contributed by atoms with E-state index in [1.165, 1.54) is 0 Å². The molecule has 1 aliphatic heterocycles. The number of halogens is 3. The van der Waals surface area contributed by atoms with E-state index in [1.54, 1.807) is 36.7 Å². The number of thioether (sulfide) groups is 1. The molecule has 0 saturated carbocycles. The molecule has 3 rings (SSSR count). The number of hydrogen-bond donors (Lipinski definition) is 1. The van der Waals surface area contributed by atoms with Gasteiger partial charge in [-0.05, 0) is 30.5 Å². The van der Waals surface area contributed by atoms with Gasteiger partial charge in [0.15, 0.2) is 34.4 Å². The lowest BCUT2D eigenvalue weighted by molar-refractivity contribution is -0.137. The second kappa shape index (κ2) is 6.57. The van der Waals surface area contributed by atoms with Crippen LogP contribution >= 0.6 is 11.8 Å². The van der Waals surface area contributed by atoms with Crippen LogP contribution in [0.3, 0.4) is 0 Å². The largest absolute Gasteiger partial charge is 0.449 e. The minimum absolute atomic E-state index is 0.0537. The summed E-state index contributed by atoms with van der Waals surface area (Å²) in [5.74, 6) is 0.636. The third-order valence-corrected chi connectivity index (χ3v) is 3.80. The van der Waals surface area contributed by atoms with Gasteiger partial charge in [-0.3, -0.25) is 5.32 Å². The van der Waals surface area contributed by atoms with Gasteiger partial charge in [0, 0.05) is 0 Å². The van der Waals surface area contributed by atoms with Crippen LogP contribution in [0.25, 0.3) is 0 Å².